The Morgan fingerprint density at radius 2 is 1.51 bits per heavy atom. The van der Waals surface area contributed by atoms with Crippen LogP contribution in [0.4, 0.5) is 11.4 Å². The lowest BCUT2D eigenvalue weighted by Crippen LogP contribution is -2.67. The number of fused-ring (bicyclic) bond motifs is 12. The molecule has 0 saturated heterocycles. The minimum absolute atomic E-state index is 0.0971. The Labute approximate surface area is 230 Å². The van der Waals surface area contributed by atoms with E-state index in [1.54, 1.807) is 11.3 Å². The van der Waals surface area contributed by atoms with Gasteiger partial charge in [-0.05, 0) is 78.2 Å². The van der Waals surface area contributed by atoms with E-state index in [-0.39, 0.29) is 17.7 Å². The van der Waals surface area contributed by atoms with E-state index >= 15 is 0 Å². The van der Waals surface area contributed by atoms with E-state index in [4.69, 9.17) is 0 Å². The second kappa shape index (κ2) is 6.81. The zero-order chi connectivity index (χ0) is 25.7. The number of benzene rings is 4. The first-order valence-electron chi connectivity index (χ1n) is 15.2. The molecule has 2 aliphatic carbocycles. The van der Waals surface area contributed by atoms with Gasteiger partial charge in [0.15, 0.2) is 0 Å². The van der Waals surface area contributed by atoms with Crippen LogP contribution < -0.4 is 21.3 Å². The Morgan fingerprint density at radius 1 is 0.744 bits per heavy atom. The van der Waals surface area contributed by atoms with E-state index in [0.29, 0.717) is 0 Å². The highest BCUT2D eigenvalue weighted by Crippen LogP contribution is 2.65. The molecule has 0 spiro atoms. The van der Waals surface area contributed by atoms with Crippen molar-refractivity contribution in [1.82, 2.24) is 4.57 Å². The Morgan fingerprint density at radius 3 is 2.46 bits per heavy atom. The third kappa shape index (κ3) is 2.18. The van der Waals surface area contributed by atoms with Gasteiger partial charge in [0.05, 0.1) is 11.1 Å². The zero-order valence-corrected chi connectivity index (χ0v) is 22.9. The molecule has 0 amide bonds. The van der Waals surface area contributed by atoms with Gasteiger partial charge in [-0.25, -0.2) is 0 Å². The van der Waals surface area contributed by atoms with E-state index in [1.807, 2.05) is 0 Å². The van der Waals surface area contributed by atoms with Crippen LogP contribution in [0.5, 0.6) is 0 Å². The van der Waals surface area contributed by atoms with Crippen molar-refractivity contribution in [3.05, 3.63) is 84.4 Å². The first-order valence-corrected chi connectivity index (χ1v) is 15.2. The van der Waals surface area contributed by atoms with E-state index in [1.165, 1.54) is 88.1 Å². The molecule has 190 valence electrons. The van der Waals surface area contributed by atoms with E-state index in [9.17, 15) is 0 Å². The monoisotopic (exact) mass is 504 g/mol. The first kappa shape index (κ1) is 21.4. The van der Waals surface area contributed by atoms with Crippen LogP contribution in [0.3, 0.4) is 0 Å². The molecular formula is C36H33BN2. The van der Waals surface area contributed by atoms with Gasteiger partial charge in [0, 0.05) is 38.8 Å². The van der Waals surface area contributed by atoms with Crippen molar-refractivity contribution in [2.45, 2.75) is 63.3 Å². The van der Waals surface area contributed by atoms with Crippen LogP contribution in [0.25, 0.3) is 27.5 Å². The van der Waals surface area contributed by atoms with Crippen LogP contribution in [0.15, 0.2) is 78.9 Å². The van der Waals surface area contributed by atoms with Gasteiger partial charge in [0.1, 0.15) is 0 Å². The van der Waals surface area contributed by atoms with Gasteiger partial charge in [0.2, 0.25) is 0 Å². The molecule has 10 rings (SSSR count). The van der Waals surface area contributed by atoms with Gasteiger partial charge in [-0.15, -0.1) is 0 Å². The van der Waals surface area contributed by atoms with Gasteiger partial charge >= 0.3 is 0 Å². The predicted octanol–water partition coefficient (Wildman–Crippen LogP) is 6.70. The van der Waals surface area contributed by atoms with Crippen LogP contribution in [0.2, 0.25) is 0 Å². The standard InChI is InChI=1S/C36H33BN2/c1-35-21-20-22-10-3-5-13-25(22)36(35,2)39-31-19-9-18-30-32(31)37(28-16-8-14-26(35)34(28)39)27-15-7-12-24-23-11-4-6-17-29(23)38(30)33(24)27/h4,6-9,11-12,14-19,22,25H,3,5,10,13,20-21H2,1-2H3. The lowest BCUT2D eigenvalue weighted by atomic mass is 9.33. The predicted molar refractivity (Wildman–Crippen MR) is 164 cm³/mol. The van der Waals surface area contributed by atoms with Gasteiger partial charge < -0.3 is 9.47 Å². The summed E-state index contributed by atoms with van der Waals surface area (Å²) in [6.45, 7) is 5.57. The summed E-state index contributed by atoms with van der Waals surface area (Å²) in [7, 11) is 0. The van der Waals surface area contributed by atoms with Crippen LogP contribution >= 0.6 is 0 Å². The normalized spacial score (nSPS) is 29.3. The number of anilines is 2. The number of hydrogen-bond donors (Lipinski definition) is 0. The van der Waals surface area contributed by atoms with E-state index in [2.05, 4.69) is 102 Å². The van der Waals surface area contributed by atoms with Crippen LogP contribution in [0, 0.1) is 11.8 Å². The average molecular weight is 504 g/mol. The van der Waals surface area contributed by atoms with E-state index in [0.717, 1.165) is 11.8 Å². The van der Waals surface area contributed by atoms with Crippen molar-refractivity contribution >= 4 is 56.3 Å². The Balaban J connectivity index is 1.36. The molecule has 5 aliphatic rings. The molecule has 4 heterocycles. The van der Waals surface area contributed by atoms with Crippen LogP contribution in [0.1, 0.15) is 57.9 Å². The summed E-state index contributed by atoms with van der Waals surface area (Å²) < 4.78 is 2.59. The summed E-state index contributed by atoms with van der Waals surface area (Å²) in [5.41, 5.74) is 13.5. The summed E-state index contributed by atoms with van der Waals surface area (Å²) >= 11 is 0. The quantitative estimate of drug-likeness (QED) is 0.209. The highest BCUT2D eigenvalue weighted by Gasteiger charge is 2.65. The highest BCUT2D eigenvalue weighted by molar-refractivity contribution is 7.00. The molecule has 2 fully saturated rings. The number of aromatic nitrogens is 1. The van der Waals surface area contributed by atoms with Gasteiger partial charge in [-0.3, -0.25) is 0 Å². The summed E-state index contributed by atoms with van der Waals surface area (Å²) in [5, 5.41) is 2.74. The molecule has 4 unspecified atom stereocenters. The third-order valence-corrected chi connectivity index (χ3v) is 12.3. The fourth-order valence-corrected chi connectivity index (χ4v) is 10.6. The lowest BCUT2D eigenvalue weighted by molar-refractivity contribution is 0.0339. The molecule has 0 N–H and O–H groups in total. The highest BCUT2D eigenvalue weighted by atomic mass is 15.3. The maximum atomic E-state index is 2.91. The van der Waals surface area contributed by atoms with E-state index < -0.39 is 0 Å². The second-order valence-corrected chi connectivity index (χ2v) is 13.5. The number of nitrogens with zero attached hydrogens (tertiary/aromatic N) is 2. The molecule has 3 heteroatoms. The van der Waals surface area contributed by atoms with Gasteiger partial charge in [0.25, 0.3) is 6.71 Å². The Hall–Kier alpha value is -3.46. The van der Waals surface area contributed by atoms with Gasteiger partial charge in [-0.1, -0.05) is 86.8 Å². The fourth-order valence-electron chi connectivity index (χ4n) is 10.6. The minimum Gasteiger partial charge on any atom is -0.335 e. The summed E-state index contributed by atoms with van der Waals surface area (Å²) in [4.78, 5) is 2.91. The first-order chi connectivity index (χ1) is 19.1. The lowest BCUT2D eigenvalue weighted by Gasteiger charge is -2.59. The molecule has 2 saturated carbocycles. The number of para-hydroxylation sites is 3. The Bertz CT molecular complexity index is 1900. The molecule has 39 heavy (non-hydrogen) atoms. The minimum atomic E-state index is 0.0971. The molecule has 4 atom stereocenters. The van der Waals surface area contributed by atoms with Crippen LogP contribution in [-0.4, -0.2) is 16.8 Å². The maximum absolute atomic E-state index is 2.91. The number of rotatable bonds is 0. The molecule has 5 aromatic rings. The zero-order valence-electron chi connectivity index (χ0n) is 22.9. The maximum Gasteiger partial charge on any atom is 0.252 e. The van der Waals surface area contributed by atoms with Crippen LogP contribution in [-0.2, 0) is 5.41 Å². The van der Waals surface area contributed by atoms with Crippen molar-refractivity contribution in [2.24, 2.45) is 11.8 Å². The SMILES string of the molecule is CC12CCC3CCCCC3C1(C)N1c3cccc4c3B(c3cccc2c31)c1cccc2c3ccccc3n-4c12. The van der Waals surface area contributed by atoms with Crippen molar-refractivity contribution in [2.75, 3.05) is 4.90 Å². The molecule has 2 nitrogen and oxygen atoms in total. The smallest absolute Gasteiger partial charge is 0.252 e. The van der Waals surface area contributed by atoms with Crippen molar-refractivity contribution < 1.29 is 0 Å². The second-order valence-electron chi connectivity index (χ2n) is 13.5. The largest absolute Gasteiger partial charge is 0.335 e. The molecule has 3 aliphatic heterocycles. The van der Waals surface area contributed by atoms with Crippen molar-refractivity contribution in [3.63, 3.8) is 0 Å². The van der Waals surface area contributed by atoms with Crippen molar-refractivity contribution in [1.29, 1.82) is 0 Å². The summed E-state index contributed by atoms with van der Waals surface area (Å²) in [6, 6.07) is 30.6. The third-order valence-electron chi connectivity index (χ3n) is 12.3. The van der Waals surface area contributed by atoms with Gasteiger partial charge in [-0.2, -0.15) is 0 Å². The fraction of sp³-hybridized carbons (Fsp3) is 0.333. The topological polar surface area (TPSA) is 8.17 Å². The molecule has 0 bridgehead atoms. The molecule has 0 radical (unpaired) electrons. The summed E-state index contributed by atoms with van der Waals surface area (Å²) in [6.07, 6.45) is 8.30. The molecule has 1 aromatic heterocycles. The summed E-state index contributed by atoms with van der Waals surface area (Å²) in [5.74, 6) is 1.60. The number of hydrogen-bond acceptors (Lipinski definition) is 1. The Kier molecular flexibility index (Phi) is 3.73. The molecule has 4 aromatic carbocycles. The average Bonchev–Trinajstić information content (AvgIpc) is 3.42. The van der Waals surface area contributed by atoms with Crippen molar-refractivity contribution in [3.8, 4) is 5.69 Å². The molecular weight excluding hydrogens is 471 g/mol.